The molecule has 9 nitrogen and oxygen atoms in total. The molecule has 2 N–H and O–H groups in total. The van der Waals surface area contributed by atoms with Crippen molar-refractivity contribution in [3.8, 4) is 5.75 Å². The van der Waals surface area contributed by atoms with E-state index in [1.165, 1.54) is 6.92 Å². The first-order chi connectivity index (χ1) is 17.0. The van der Waals surface area contributed by atoms with Gasteiger partial charge in [-0.1, -0.05) is 56.8 Å². The minimum absolute atomic E-state index is 0.101. The molecule has 0 aliphatic heterocycles. The van der Waals surface area contributed by atoms with Crippen LogP contribution < -0.4 is 15.4 Å². The predicted molar refractivity (Wildman–Crippen MR) is 134 cm³/mol. The molecule has 1 aliphatic carbocycles. The zero-order valence-corrected chi connectivity index (χ0v) is 21.3. The Kier molecular flexibility index (Phi) is 10.1. The van der Waals surface area contributed by atoms with Crippen molar-refractivity contribution in [2.45, 2.75) is 77.7 Å². The average molecular weight is 486 g/mol. The van der Waals surface area contributed by atoms with Crippen LogP contribution in [0, 0.1) is 0 Å². The molecule has 2 amide bonds. The van der Waals surface area contributed by atoms with Crippen molar-refractivity contribution in [2.24, 2.45) is 0 Å². The number of anilines is 1. The van der Waals surface area contributed by atoms with E-state index in [-0.39, 0.29) is 18.2 Å². The van der Waals surface area contributed by atoms with E-state index in [1.54, 1.807) is 0 Å². The number of nitrogens with zero attached hydrogens (tertiary/aromatic N) is 3. The van der Waals surface area contributed by atoms with E-state index in [4.69, 9.17) is 9.26 Å². The Morgan fingerprint density at radius 3 is 2.51 bits per heavy atom. The molecule has 0 radical (unpaired) electrons. The van der Waals surface area contributed by atoms with Gasteiger partial charge in [0.05, 0.1) is 5.69 Å². The highest BCUT2D eigenvalue weighted by Gasteiger charge is 2.38. The van der Waals surface area contributed by atoms with E-state index in [9.17, 15) is 9.59 Å². The third-order valence-corrected chi connectivity index (χ3v) is 6.56. The summed E-state index contributed by atoms with van der Waals surface area (Å²) in [5.41, 5.74) is 0.0552. The lowest BCUT2D eigenvalue weighted by molar-refractivity contribution is -0.121. The van der Waals surface area contributed by atoms with Gasteiger partial charge in [-0.05, 0) is 38.1 Å². The number of benzene rings is 1. The maximum atomic E-state index is 12.7. The number of aromatic nitrogens is 2. The predicted octanol–water partition coefficient (Wildman–Crippen LogP) is 4.05. The van der Waals surface area contributed by atoms with Crippen LogP contribution >= 0.6 is 0 Å². The first kappa shape index (κ1) is 26.7. The van der Waals surface area contributed by atoms with Crippen molar-refractivity contribution in [3.05, 3.63) is 36.0 Å². The van der Waals surface area contributed by atoms with Crippen molar-refractivity contribution in [1.82, 2.24) is 20.4 Å². The number of nitrogens with one attached hydrogen (secondary N) is 2. The Labute approximate surface area is 208 Å². The molecule has 1 aromatic heterocycles. The summed E-state index contributed by atoms with van der Waals surface area (Å²) in [5, 5.41) is 10.2. The number of amides is 2. The van der Waals surface area contributed by atoms with Crippen molar-refractivity contribution in [2.75, 3.05) is 31.6 Å². The number of hydrogen-bond acceptors (Lipinski definition) is 7. The zero-order chi connectivity index (χ0) is 25.1. The summed E-state index contributed by atoms with van der Waals surface area (Å²) >= 11 is 0. The van der Waals surface area contributed by atoms with Crippen LogP contribution in [0.4, 0.5) is 5.69 Å². The maximum absolute atomic E-state index is 12.7. The number of hydrogen-bond donors (Lipinski definition) is 2. The molecule has 0 bridgehead atoms. The molecule has 192 valence electrons. The summed E-state index contributed by atoms with van der Waals surface area (Å²) in [5.74, 6) is 1.30. The van der Waals surface area contributed by atoms with Gasteiger partial charge in [-0.25, -0.2) is 0 Å². The second-order valence-corrected chi connectivity index (χ2v) is 9.11. The number of carbonyl (C=O) groups excluding carboxylic acids is 2. The molecule has 1 fully saturated rings. The summed E-state index contributed by atoms with van der Waals surface area (Å²) in [6.45, 7) is 9.09. The van der Waals surface area contributed by atoms with Gasteiger partial charge in [-0.3, -0.25) is 9.59 Å². The van der Waals surface area contributed by atoms with Crippen LogP contribution in [0.15, 0.2) is 28.8 Å². The number of ether oxygens (including phenoxy) is 1. The first-order valence-corrected chi connectivity index (χ1v) is 12.8. The van der Waals surface area contributed by atoms with Crippen molar-refractivity contribution < 1.29 is 18.8 Å². The number of carbonyl (C=O) groups is 2. The highest BCUT2D eigenvalue weighted by molar-refractivity contribution is 5.92. The Balaban J connectivity index is 1.57. The highest BCUT2D eigenvalue weighted by Crippen LogP contribution is 2.34. The Hall–Kier alpha value is -2.94. The quantitative estimate of drug-likeness (QED) is 0.437. The molecule has 35 heavy (non-hydrogen) atoms. The van der Waals surface area contributed by atoms with Crippen LogP contribution in [0.3, 0.4) is 0 Å². The highest BCUT2D eigenvalue weighted by atomic mass is 16.5. The van der Waals surface area contributed by atoms with E-state index >= 15 is 0 Å². The topological polar surface area (TPSA) is 110 Å². The smallest absolute Gasteiger partial charge is 0.227 e. The van der Waals surface area contributed by atoms with Crippen molar-refractivity contribution >= 4 is 17.5 Å². The molecule has 0 unspecified atom stereocenters. The molecule has 9 heteroatoms. The van der Waals surface area contributed by atoms with Crippen LogP contribution in [-0.4, -0.2) is 53.1 Å². The largest absolute Gasteiger partial charge is 0.490 e. The Morgan fingerprint density at radius 1 is 1.11 bits per heavy atom. The van der Waals surface area contributed by atoms with Gasteiger partial charge in [-0.2, -0.15) is 4.98 Å². The van der Waals surface area contributed by atoms with Crippen molar-refractivity contribution in [3.63, 3.8) is 0 Å². The van der Waals surface area contributed by atoms with Gasteiger partial charge in [0.15, 0.2) is 5.82 Å². The molecule has 3 rings (SSSR count). The lowest BCUT2D eigenvalue weighted by atomic mass is 9.89. The lowest BCUT2D eigenvalue weighted by Gasteiger charge is -2.30. The van der Waals surface area contributed by atoms with Gasteiger partial charge in [0, 0.05) is 26.3 Å². The van der Waals surface area contributed by atoms with Crippen LogP contribution in [0.1, 0.15) is 77.4 Å². The molecule has 0 spiro atoms. The molecule has 0 saturated heterocycles. The number of aryl methyl sites for hydroxylation is 1. The molecular formula is C26H39N5O4. The SMILES string of the molecule is CCN(CC)CCOc1ccccc1NC(=O)CCc1nc(C2(NC(C)=O)CCCCCC2)no1. The average Bonchev–Trinajstić information content (AvgIpc) is 3.21. The Morgan fingerprint density at radius 2 is 1.83 bits per heavy atom. The summed E-state index contributed by atoms with van der Waals surface area (Å²) in [4.78, 5) is 31.4. The second-order valence-electron chi connectivity index (χ2n) is 9.11. The zero-order valence-electron chi connectivity index (χ0n) is 21.3. The Bertz CT molecular complexity index is 949. The molecule has 1 heterocycles. The number of rotatable bonds is 12. The third kappa shape index (κ3) is 7.78. The summed E-state index contributed by atoms with van der Waals surface area (Å²) < 4.78 is 11.4. The van der Waals surface area contributed by atoms with E-state index < -0.39 is 5.54 Å². The van der Waals surface area contributed by atoms with E-state index in [2.05, 4.69) is 39.5 Å². The minimum atomic E-state index is -0.590. The van der Waals surface area contributed by atoms with Gasteiger partial charge in [-0.15, -0.1) is 0 Å². The van der Waals surface area contributed by atoms with Gasteiger partial charge in [0.2, 0.25) is 17.7 Å². The normalized spacial score (nSPS) is 15.4. The molecule has 1 aliphatic rings. The van der Waals surface area contributed by atoms with E-state index in [0.29, 0.717) is 36.2 Å². The molecule has 1 saturated carbocycles. The fourth-order valence-electron chi connectivity index (χ4n) is 4.58. The first-order valence-electron chi connectivity index (χ1n) is 12.8. The van der Waals surface area contributed by atoms with Crippen LogP contribution in [0.25, 0.3) is 0 Å². The molecular weight excluding hydrogens is 446 g/mol. The van der Waals surface area contributed by atoms with Gasteiger partial charge in [0.1, 0.15) is 17.9 Å². The van der Waals surface area contributed by atoms with Crippen LogP contribution in [0.5, 0.6) is 5.75 Å². The van der Waals surface area contributed by atoms with Crippen LogP contribution in [-0.2, 0) is 21.5 Å². The van der Waals surface area contributed by atoms with Gasteiger partial charge < -0.3 is 24.8 Å². The fraction of sp³-hybridized carbons (Fsp3) is 0.615. The summed E-state index contributed by atoms with van der Waals surface area (Å²) in [6.07, 6.45) is 6.36. The van der Waals surface area contributed by atoms with Gasteiger partial charge >= 0.3 is 0 Å². The lowest BCUT2D eigenvalue weighted by Crippen LogP contribution is -2.45. The second kappa shape index (κ2) is 13.2. The van der Waals surface area contributed by atoms with E-state index in [1.807, 2.05) is 24.3 Å². The molecule has 2 aromatic rings. The third-order valence-electron chi connectivity index (χ3n) is 6.56. The summed E-state index contributed by atoms with van der Waals surface area (Å²) in [7, 11) is 0. The number of para-hydroxylation sites is 2. The standard InChI is InChI=1S/C26H39N5O4/c1-4-31(5-2)18-19-34-22-13-9-8-12-21(22)27-23(33)14-15-24-28-25(30-35-24)26(29-20(3)32)16-10-6-7-11-17-26/h8-9,12-13H,4-7,10-11,14-19H2,1-3H3,(H,27,33)(H,29,32). The van der Waals surface area contributed by atoms with E-state index in [0.717, 1.165) is 58.2 Å². The number of likely N-dealkylation sites (N-methyl/N-ethyl adjacent to an activating group) is 1. The fourth-order valence-corrected chi connectivity index (χ4v) is 4.58. The molecule has 1 aromatic carbocycles. The molecule has 0 atom stereocenters. The maximum Gasteiger partial charge on any atom is 0.227 e. The van der Waals surface area contributed by atoms with Crippen LogP contribution in [0.2, 0.25) is 0 Å². The van der Waals surface area contributed by atoms with Gasteiger partial charge in [0.25, 0.3) is 0 Å². The van der Waals surface area contributed by atoms with Crippen molar-refractivity contribution in [1.29, 1.82) is 0 Å². The minimum Gasteiger partial charge on any atom is -0.490 e. The monoisotopic (exact) mass is 485 g/mol. The summed E-state index contributed by atoms with van der Waals surface area (Å²) in [6, 6.07) is 7.45.